The third-order valence-electron chi connectivity index (χ3n) is 2.02. The van der Waals surface area contributed by atoms with E-state index < -0.39 is 5.82 Å². The summed E-state index contributed by atoms with van der Waals surface area (Å²) in [7, 11) is 0. The second kappa shape index (κ2) is 3.53. The third kappa shape index (κ3) is 1.71. The van der Waals surface area contributed by atoms with Crippen molar-refractivity contribution in [2.45, 2.75) is 0 Å². The van der Waals surface area contributed by atoms with Gasteiger partial charge >= 0.3 is 0 Å². The standard InChI is InChI=1S/C10H8FN3O/c11-7-1-2-9(12)8(3-7)10(15)6-4-13-14-5-6/h1-5H,12H2,(H,13,14). The molecule has 0 aliphatic rings. The maximum absolute atomic E-state index is 12.9. The van der Waals surface area contributed by atoms with Gasteiger partial charge in [0.1, 0.15) is 5.82 Å². The number of H-pyrrole nitrogens is 1. The fraction of sp³-hybridized carbons (Fsp3) is 0. The molecule has 1 aromatic carbocycles. The zero-order chi connectivity index (χ0) is 10.8. The van der Waals surface area contributed by atoms with Gasteiger partial charge in [0.25, 0.3) is 0 Å². The molecule has 0 aliphatic carbocycles. The first kappa shape index (κ1) is 9.39. The van der Waals surface area contributed by atoms with Crippen LogP contribution in [0.4, 0.5) is 10.1 Å². The molecule has 0 saturated carbocycles. The van der Waals surface area contributed by atoms with E-state index in [-0.39, 0.29) is 17.0 Å². The van der Waals surface area contributed by atoms with E-state index in [4.69, 9.17) is 5.73 Å². The second-order valence-corrected chi connectivity index (χ2v) is 3.05. The van der Waals surface area contributed by atoms with Crippen LogP contribution in [0.25, 0.3) is 0 Å². The van der Waals surface area contributed by atoms with Crippen molar-refractivity contribution in [1.29, 1.82) is 0 Å². The van der Waals surface area contributed by atoms with Crippen molar-refractivity contribution < 1.29 is 9.18 Å². The molecular weight excluding hydrogens is 197 g/mol. The highest BCUT2D eigenvalue weighted by Gasteiger charge is 2.13. The topological polar surface area (TPSA) is 71.8 Å². The monoisotopic (exact) mass is 205 g/mol. The lowest BCUT2D eigenvalue weighted by Gasteiger charge is -2.02. The Balaban J connectivity index is 2.46. The van der Waals surface area contributed by atoms with Gasteiger partial charge in [-0.1, -0.05) is 0 Å². The Bertz CT molecular complexity index is 493. The van der Waals surface area contributed by atoms with E-state index >= 15 is 0 Å². The van der Waals surface area contributed by atoms with Crippen LogP contribution in [0.5, 0.6) is 0 Å². The van der Waals surface area contributed by atoms with E-state index in [2.05, 4.69) is 10.2 Å². The lowest BCUT2D eigenvalue weighted by Crippen LogP contribution is -2.04. The summed E-state index contributed by atoms with van der Waals surface area (Å²) in [5, 5.41) is 6.15. The van der Waals surface area contributed by atoms with E-state index in [9.17, 15) is 9.18 Å². The molecule has 15 heavy (non-hydrogen) atoms. The van der Waals surface area contributed by atoms with Crippen molar-refractivity contribution in [2.24, 2.45) is 0 Å². The number of carbonyl (C=O) groups is 1. The van der Waals surface area contributed by atoms with Gasteiger partial charge in [-0.05, 0) is 18.2 Å². The molecule has 0 atom stereocenters. The van der Waals surface area contributed by atoms with Gasteiger partial charge < -0.3 is 5.73 Å². The van der Waals surface area contributed by atoms with Gasteiger partial charge in [-0.25, -0.2) is 4.39 Å². The summed E-state index contributed by atoms with van der Waals surface area (Å²) >= 11 is 0. The number of nitrogens with zero attached hydrogens (tertiary/aromatic N) is 1. The minimum absolute atomic E-state index is 0.149. The Kier molecular flexibility index (Phi) is 2.21. The van der Waals surface area contributed by atoms with Gasteiger partial charge in [0.05, 0.1) is 11.8 Å². The number of hydrogen-bond acceptors (Lipinski definition) is 3. The molecular formula is C10H8FN3O. The fourth-order valence-corrected chi connectivity index (χ4v) is 1.26. The number of rotatable bonds is 2. The number of aromatic amines is 1. The van der Waals surface area contributed by atoms with Crippen LogP contribution in [-0.2, 0) is 0 Å². The molecule has 1 heterocycles. The average Bonchev–Trinajstić information content (AvgIpc) is 2.74. The van der Waals surface area contributed by atoms with Gasteiger partial charge in [-0.3, -0.25) is 9.89 Å². The van der Waals surface area contributed by atoms with Gasteiger partial charge in [0.15, 0.2) is 5.78 Å². The SMILES string of the molecule is Nc1ccc(F)cc1C(=O)c1cn[nH]c1. The van der Waals surface area contributed by atoms with Crippen LogP contribution in [0.1, 0.15) is 15.9 Å². The predicted molar refractivity (Wildman–Crippen MR) is 52.8 cm³/mol. The summed E-state index contributed by atoms with van der Waals surface area (Å²) < 4.78 is 12.9. The smallest absolute Gasteiger partial charge is 0.198 e. The Morgan fingerprint density at radius 1 is 1.47 bits per heavy atom. The summed E-state index contributed by atoms with van der Waals surface area (Å²) in [6.45, 7) is 0. The van der Waals surface area contributed by atoms with Crippen molar-refractivity contribution in [2.75, 3.05) is 5.73 Å². The van der Waals surface area contributed by atoms with E-state index in [1.165, 1.54) is 24.5 Å². The molecule has 0 saturated heterocycles. The van der Waals surface area contributed by atoms with Gasteiger partial charge in [0, 0.05) is 17.4 Å². The first-order valence-corrected chi connectivity index (χ1v) is 4.27. The molecule has 4 nitrogen and oxygen atoms in total. The largest absolute Gasteiger partial charge is 0.398 e. The Morgan fingerprint density at radius 2 is 2.27 bits per heavy atom. The average molecular weight is 205 g/mol. The van der Waals surface area contributed by atoms with Crippen LogP contribution in [0.3, 0.4) is 0 Å². The van der Waals surface area contributed by atoms with Crippen molar-refractivity contribution in [3.63, 3.8) is 0 Å². The normalized spacial score (nSPS) is 10.2. The number of benzene rings is 1. The lowest BCUT2D eigenvalue weighted by molar-refractivity contribution is 0.103. The highest BCUT2D eigenvalue weighted by molar-refractivity contribution is 6.11. The quantitative estimate of drug-likeness (QED) is 0.574. The number of aromatic nitrogens is 2. The highest BCUT2D eigenvalue weighted by Crippen LogP contribution is 2.17. The molecule has 0 fully saturated rings. The molecule has 0 unspecified atom stereocenters. The number of halogens is 1. The summed E-state index contributed by atoms with van der Waals surface area (Å²) in [6.07, 6.45) is 2.80. The number of ketones is 1. The van der Waals surface area contributed by atoms with Crippen molar-refractivity contribution in [3.05, 3.63) is 47.5 Å². The number of nitrogen functional groups attached to an aromatic ring is 1. The predicted octanol–water partition coefficient (Wildman–Crippen LogP) is 1.36. The van der Waals surface area contributed by atoms with Gasteiger partial charge in [0.2, 0.25) is 0 Å². The van der Waals surface area contributed by atoms with Gasteiger partial charge in [-0.15, -0.1) is 0 Å². The lowest BCUT2D eigenvalue weighted by atomic mass is 10.0. The molecule has 76 valence electrons. The molecule has 0 radical (unpaired) electrons. The van der Waals surface area contributed by atoms with E-state index in [1.807, 2.05) is 0 Å². The summed E-state index contributed by atoms with van der Waals surface area (Å²) in [5.74, 6) is -0.836. The molecule has 2 aromatic rings. The van der Waals surface area contributed by atoms with Crippen molar-refractivity contribution in [3.8, 4) is 0 Å². The van der Waals surface area contributed by atoms with E-state index in [0.717, 1.165) is 6.07 Å². The molecule has 1 aromatic heterocycles. The number of carbonyl (C=O) groups excluding carboxylic acids is 1. The fourth-order valence-electron chi connectivity index (χ4n) is 1.26. The number of anilines is 1. The molecule has 0 spiro atoms. The Morgan fingerprint density at radius 3 is 2.93 bits per heavy atom. The van der Waals surface area contributed by atoms with Crippen LogP contribution in [0.15, 0.2) is 30.6 Å². The molecule has 5 heteroatoms. The van der Waals surface area contributed by atoms with E-state index in [1.54, 1.807) is 0 Å². The van der Waals surface area contributed by atoms with Gasteiger partial charge in [-0.2, -0.15) is 5.10 Å². The summed E-state index contributed by atoms with van der Waals surface area (Å²) in [4.78, 5) is 11.8. The van der Waals surface area contributed by atoms with Crippen LogP contribution < -0.4 is 5.73 Å². The third-order valence-corrected chi connectivity index (χ3v) is 2.02. The maximum atomic E-state index is 12.9. The zero-order valence-electron chi connectivity index (χ0n) is 7.70. The number of nitrogens with two attached hydrogens (primary N) is 1. The first-order chi connectivity index (χ1) is 7.18. The minimum atomic E-state index is -0.490. The summed E-state index contributed by atoms with van der Waals surface area (Å²) in [5.41, 5.74) is 6.33. The van der Waals surface area contributed by atoms with Crippen LogP contribution in [0, 0.1) is 5.82 Å². The van der Waals surface area contributed by atoms with Crippen molar-refractivity contribution in [1.82, 2.24) is 10.2 Å². The second-order valence-electron chi connectivity index (χ2n) is 3.05. The Labute approximate surface area is 84.9 Å². The van der Waals surface area contributed by atoms with Crippen LogP contribution >= 0.6 is 0 Å². The Hall–Kier alpha value is -2.17. The number of hydrogen-bond donors (Lipinski definition) is 2. The minimum Gasteiger partial charge on any atom is -0.398 e. The molecule has 3 N–H and O–H groups in total. The van der Waals surface area contributed by atoms with E-state index in [0.29, 0.717) is 5.56 Å². The van der Waals surface area contributed by atoms with Crippen LogP contribution in [0.2, 0.25) is 0 Å². The number of nitrogens with one attached hydrogen (secondary N) is 1. The van der Waals surface area contributed by atoms with Crippen molar-refractivity contribution >= 4 is 11.5 Å². The van der Waals surface area contributed by atoms with Crippen LogP contribution in [-0.4, -0.2) is 16.0 Å². The maximum Gasteiger partial charge on any atom is 0.198 e. The molecule has 2 rings (SSSR count). The molecule has 0 bridgehead atoms. The zero-order valence-corrected chi connectivity index (χ0v) is 7.70. The first-order valence-electron chi connectivity index (χ1n) is 4.27. The highest BCUT2D eigenvalue weighted by atomic mass is 19.1. The summed E-state index contributed by atoms with van der Waals surface area (Å²) in [6, 6.07) is 3.69. The molecule has 0 amide bonds. The molecule has 0 aliphatic heterocycles.